The predicted octanol–water partition coefficient (Wildman–Crippen LogP) is 1.97. The van der Waals surface area contributed by atoms with Gasteiger partial charge in [-0.3, -0.25) is 0 Å². The smallest absolute Gasteiger partial charge is 0.0924 e. The summed E-state index contributed by atoms with van der Waals surface area (Å²) in [7, 11) is 0. The van der Waals surface area contributed by atoms with Crippen LogP contribution in [0.1, 0.15) is 12.0 Å². The van der Waals surface area contributed by atoms with Crippen molar-refractivity contribution in [1.29, 1.82) is 0 Å². The third kappa shape index (κ3) is 2.44. The van der Waals surface area contributed by atoms with Gasteiger partial charge in [0.1, 0.15) is 0 Å². The molecule has 1 aromatic heterocycles. The summed E-state index contributed by atoms with van der Waals surface area (Å²) < 4.78 is 0. The van der Waals surface area contributed by atoms with Gasteiger partial charge in [0.2, 0.25) is 0 Å². The largest absolute Gasteiger partial charge is 0.345 e. The molecule has 0 radical (unpaired) electrons. The summed E-state index contributed by atoms with van der Waals surface area (Å²) in [6.07, 6.45) is 5.62. The van der Waals surface area contributed by atoms with E-state index in [4.69, 9.17) is 5.73 Å². The molecule has 0 unspecified atom stereocenters. The molecule has 3 heteroatoms. The molecule has 0 saturated carbocycles. The van der Waals surface area contributed by atoms with Crippen LogP contribution in [-0.2, 0) is 6.42 Å². The number of aromatic amines is 1. The van der Waals surface area contributed by atoms with Crippen LogP contribution in [0.5, 0.6) is 0 Å². The van der Waals surface area contributed by atoms with E-state index >= 15 is 0 Å². The van der Waals surface area contributed by atoms with E-state index in [0.29, 0.717) is 0 Å². The Kier molecular flexibility index (Phi) is 3.15. The van der Waals surface area contributed by atoms with Crippen molar-refractivity contribution in [1.82, 2.24) is 9.97 Å². The van der Waals surface area contributed by atoms with Crippen LogP contribution in [0, 0.1) is 0 Å². The maximum absolute atomic E-state index is 5.47. The maximum Gasteiger partial charge on any atom is 0.0924 e. The SMILES string of the molecule is NCCCc1ccc(-c2cnc[nH]2)cc1. The minimum absolute atomic E-state index is 0.752. The average Bonchev–Trinajstić information content (AvgIpc) is 2.80. The standard InChI is InChI=1S/C12H15N3/c13-7-1-2-10-3-5-11(6-4-10)12-8-14-9-15-12/h3-6,8-9H,1-2,7,13H2,(H,14,15). The summed E-state index contributed by atoms with van der Waals surface area (Å²) in [5.41, 5.74) is 9.03. The molecule has 0 fully saturated rings. The fraction of sp³-hybridized carbons (Fsp3) is 0.250. The summed E-state index contributed by atoms with van der Waals surface area (Å²) in [5, 5.41) is 0. The molecule has 2 rings (SSSR count). The number of aromatic nitrogens is 2. The molecule has 2 aromatic rings. The number of hydrogen-bond donors (Lipinski definition) is 2. The lowest BCUT2D eigenvalue weighted by atomic mass is 10.1. The third-order valence-electron chi connectivity index (χ3n) is 2.43. The Morgan fingerprint density at radius 2 is 2.00 bits per heavy atom. The number of imidazole rings is 1. The van der Waals surface area contributed by atoms with Crippen LogP contribution < -0.4 is 5.73 Å². The molecule has 15 heavy (non-hydrogen) atoms. The fourth-order valence-corrected chi connectivity index (χ4v) is 1.57. The van der Waals surface area contributed by atoms with E-state index in [2.05, 4.69) is 34.2 Å². The maximum atomic E-state index is 5.47. The molecule has 0 aliphatic rings. The van der Waals surface area contributed by atoms with Gasteiger partial charge in [0.05, 0.1) is 18.2 Å². The molecule has 0 amide bonds. The highest BCUT2D eigenvalue weighted by molar-refractivity contribution is 5.58. The van der Waals surface area contributed by atoms with Gasteiger partial charge in [0.15, 0.2) is 0 Å². The summed E-state index contributed by atoms with van der Waals surface area (Å²) >= 11 is 0. The van der Waals surface area contributed by atoms with Crippen molar-refractivity contribution in [3.05, 3.63) is 42.4 Å². The van der Waals surface area contributed by atoms with Crippen LogP contribution in [-0.4, -0.2) is 16.5 Å². The molecule has 3 nitrogen and oxygen atoms in total. The van der Waals surface area contributed by atoms with E-state index in [1.54, 1.807) is 6.33 Å². The zero-order valence-electron chi connectivity index (χ0n) is 8.61. The van der Waals surface area contributed by atoms with Crippen molar-refractivity contribution in [2.45, 2.75) is 12.8 Å². The van der Waals surface area contributed by atoms with Crippen LogP contribution in [0.2, 0.25) is 0 Å². The van der Waals surface area contributed by atoms with Gasteiger partial charge in [-0.1, -0.05) is 24.3 Å². The number of aryl methyl sites for hydroxylation is 1. The van der Waals surface area contributed by atoms with Gasteiger partial charge < -0.3 is 10.7 Å². The van der Waals surface area contributed by atoms with E-state index in [1.165, 1.54) is 11.1 Å². The summed E-state index contributed by atoms with van der Waals surface area (Å²) in [6, 6.07) is 8.51. The van der Waals surface area contributed by atoms with Gasteiger partial charge in [-0.15, -0.1) is 0 Å². The first kappa shape index (κ1) is 9.93. The van der Waals surface area contributed by atoms with Gasteiger partial charge in [-0.2, -0.15) is 0 Å². The monoisotopic (exact) mass is 201 g/mol. The number of hydrogen-bond acceptors (Lipinski definition) is 2. The number of nitrogens with zero attached hydrogens (tertiary/aromatic N) is 1. The fourth-order valence-electron chi connectivity index (χ4n) is 1.57. The zero-order valence-corrected chi connectivity index (χ0v) is 8.61. The first-order valence-electron chi connectivity index (χ1n) is 5.18. The third-order valence-corrected chi connectivity index (χ3v) is 2.43. The van der Waals surface area contributed by atoms with Crippen LogP contribution >= 0.6 is 0 Å². The van der Waals surface area contributed by atoms with Gasteiger partial charge >= 0.3 is 0 Å². The van der Waals surface area contributed by atoms with Crippen molar-refractivity contribution in [3.8, 4) is 11.3 Å². The quantitative estimate of drug-likeness (QED) is 0.794. The van der Waals surface area contributed by atoms with Crippen molar-refractivity contribution >= 4 is 0 Å². The molecule has 0 bridgehead atoms. The van der Waals surface area contributed by atoms with Crippen molar-refractivity contribution < 1.29 is 0 Å². The van der Waals surface area contributed by atoms with E-state index in [0.717, 1.165) is 25.1 Å². The molecule has 0 saturated heterocycles. The number of rotatable bonds is 4. The Morgan fingerprint density at radius 1 is 1.20 bits per heavy atom. The molecule has 1 heterocycles. The van der Waals surface area contributed by atoms with Crippen LogP contribution in [0.15, 0.2) is 36.8 Å². The minimum atomic E-state index is 0.752. The molecule has 0 aliphatic heterocycles. The topological polar surface area (TPSA) is 54.7 Å². The Morgan fingerprint density at radius 3 is 2.60 bits per heavy atom. The highest BCUT2D eigenvalue weighted by atomic mass is 14.9. The lowest BCUT2D eigenvalue weighted by molar-refractivity contribution is 0.833. The second kappa shape index (κ2) is 4.75. The Bertz CT molecular complexity index is 389. The van der Waals surface area contributed by atoms with E-state index < -0.39 is 0 Å². The molecule has 0 aliphatic carbocycles. The highest BCUT2D eigenvalue weighted by Crippen LogP contribution is 2.16. The highest BCUT2D eigenvalue weighted by Gasteiger charge is 1.98. The van der Waals surface area contributed by atoms with E-state index in [1.807, 2.05) is 6.20 Å². The first-order chi connectivity index (χ1) is 7.40. The van der Waals surface area contributed by atoms with E-state index in [-0.39, 0.29) is 0 Å². The molecular weight excluding hydrogens is 186 g/mol. The van der Waals surface area contributed by atoms with Gasteiger partial charge in [-0.25, -0.2) is 4.98 Å². The summed E-state index contributed by atoms with van der Waals surface area (Å²) in [5.74, 6) is 0. The van der Waals surface area contributed by atoms with E-state index in [9.17, 15) is 0 Å². The molecule has 0 atom stereocenters. The molecule has 78 valence electrons. The number of H-pyrrole nitrogens is 1. The van der Waals surface area contributed by atoms with Gasteiger partial charge in [0.25, 0.3) is 0 Å². The van der Waals surface area contributed by atoms with Crippen molar-refractivity contribution in [2.75, 3.05) is 6.54 Å². The predicted molar refractivity (Wildman–Crippen MR) is 61.4 cm³/mol. The Balaban J connectivity index is 2.11. The van der Waals surface area contributed by atoms with Crippen molar-refractivity contribution in [3.63, 3.8) is 0 Å². The normalized spacial score (nSPS) is 10.5. The van der Waals surface area contributed by atoms with Crippen LogP contribution in [0.4, 0.5) is 0 Å². The summed E-state index contributed by atoms with van der Waals surface area (Å²) in [4.78, 5) is 7.08. The number of nitrogens with one attached hydrogen (secondary N) is 1. The minimum Gasteiger partial charge on any atom is -0.345 e. The summed E-state index contributed by atoms with van der Waals surface area (Å²) in [6.45, 7) is 0.752. The molecule has 0 spiro atoms. The molecular formula is C12H15N3. The molecule has 3 N–H and O–H groups in total. The second-order valence-corrected chi connectivity index (χ2v) is 3.55. The van der Waals surface area contributed by atoms with Gasteiger partial charge in [-0.05, 0) is 30.5 Å². The Hall–Kier alpha value is -1.61. The number of nitrogens with two attached hydrogens (primary N) is 1. The zero-order chi connectivity index (χ0) is 10.5. The Labute approximate surface area is 89.4 Å². The van der Waals surface area contributed by atoms with Crippen molar-refractivity contribution in [2.24, 2.45) is 5.73 Å². The van der Waals surface area contributed by atoms with Crippen LogP contribution in [0.3, 0.4) is 0 Å². The number of benzene rings is 1. The van der Waals surface area contributed by atoms with Gasteiger partial charge in [0, 0.05) is 0 Å². The molecule has 1 aromatic carbocycles. The average molecular weight is 201 g/mol. The first-order valence-corrected chi connectivity index (χ1v) is 5.18. The second-order valence-electron chi connectivity index (χ2n) is 3.55. The van der Waals surface area contributed by atoms with Crippen LogP contribution in [0.25, 0.3) is 11.3 Å². The lowest BCUT2D eigenvalue weighted by Crippen LogP contribution is -2.00. The lowest BCUT2D eigenvalue weighted by Gasteiger charge is -2.01.